The van der Waals surface area contributed by atoms with Crippen LogP contribution in [0.15, 0.2) is 18.2 Å². The van der Waals surface area contributed by atoms with Crippen LogP contribution < -0.4 is 10.6 Å². The standard InChI is InChI=1S/C15H19F3N2/c16-15(17,18)11-1-2-14-13(9-11)12(5-8-20-14)10-3-6-19-7-4-10/h1-2,9-10,12,19-20H,3-8H2. The Hall–Kier alpha value is -1.23. The summed E-state index contributed by atoms with van der Waals surface area (Å²) in [5.74, 6) is 0.760. The van der Waals surface area contributed by atoms with Crippen molar-refractivity contribution in [3.8, 4) is 0 Å². The quantitative estimate of drug-likeness (QED) is 0.823. The van der Waals surface area contributed by atoms with E-state index in [1.807, 2.05) is 0 Å². The van der Waals surface area contributed by atoms with Crippen LogP contribution in [0.3, 0.4) is 0 Å². The zero-order chi connectivity index (χ0) is 14.2. The lowest BCUT2D eigenvalue weighted by atomic mass is 9.76. The number of fused-ring (bicyclic) bond motifs is 1. The van der Waals surface area contributed by atoms with Gasteiger partial charge in [0.25, 0.3) is 0 Å². The summed E-state index contributed by atoms with van der Waals surface area (Å²) in [4.78, 5) is 0. The lowest BCUT2D eigenvalue weighted by Gasteiger charge is -2.35. The molecule has 2 N–H and O–H groups in total. The number of hydrogen-bond acceptors (Lipinski definition) is 2. The Morgan fingerprint density at radius 2 is 1.75 bits per heavy atom. The molecule has 2 heterocycles. The smallest absolute Gasteiger partial charge is 0.385 e. The molecule has 0 spiro atoms. The van der Waals surface area contributed by atoms with E-state index in [-0.39, 0.29) is 5.92 Å². The van der Waals surface area contributed by atoms with Crippen molar-refractivity contribution in [2.75, 3.05) is 25.0 Å². The summed E-state index contributed by atoms with van der Waals surface area (Å²) in [5.41, 5.74) is 1.21. The van der Waals surface area contributed by atoms with Crippen LogP contribution in [0, 0.1) is 5.92 Å². The second-order valence-electron chi connectivity index (χ2n) is 5.71. The van der Waals surface area contributed by atoms with E-state index in [0.29, 0.717) is 5.92 Å². The monoisotopic (exact) mass is 284 g/mol. The summed E-state index contributed by atoms with van der Waals surface area (Å²) in [7, 11) is 0. The minimum atomic E-state index is -4.26. The molecule has 1 saturated heterocycles. The third-order valence-electron chi connectivity index (χ3n) is 4.50. The van der Waals surface area contributed by atoms with Crippen LogP contribution >= 0.6 is 0 Å². The third kappa shape index (κ3) is 2.64. The molecule has 1 aromatic rings. The van der Waals surface area contributed by atoms with Gasteiger partial charge in [0.15, 0.2) is 0 Å². The Morgan fingerprint density at radius 3 is 2.45 bits per heavy atom. The molecule has 110 valence electrons. The fourth-order valence-electron chi connectivity index (χ4n) is 3.46. The van der Waals surface area contributed by atoms with Crippen molar-refractivity contribution in [3.05, 3.63) is 29.3 Å². The zero-order valence-corrected chi connectivity index (χ0v) is 11.3. The Bertz CT molecular complexity index is 478. The van der Waals surface area contributed by atoms with E-state index >= 15 is 0 Å². The number of piperidine rings is 1. The molecule has 2 aliphatic rings. The van der Waals surface area contributed by atoms with E-state index in [1.54, 1.807) is 6.07 Å². The average Bonchev–Trinajstić information content (AvgIpc) is 2.46. The van der Waals surface area contributed by atoms with E-state index in [0.717, 1.165) is 50.1 Å². The number of halogens is 3. The highest BCUT2D eigenvalue weighted by Crippen LogP contribution is 2.42. The van der Waals surface area contributed by atoms with E-state index in [2.05, 4.69) is 10.6 Å². The van der Waals surface area contributed by atoms with Gasteiger partial charge >= 0.3 is 6.18 Å². The van der Waals surface area contributed by atoms with Gasteiger partial charge in [-0.25, -0.2) is 0 Å². The predicted octanol–water partition coefficient (Wildman–Crippen LogP) is 3.60. The van der Waals surface area contributed by atoms with Gasteiger partial charge in [-0.3, -0.25) is 0 Å². The Morgan fingerprint density at radius 1 is 1.00 bits per heavy atom. The SMILES string of the molecule is FC(F)(F)c1ccc2c(c1)C(C1CCNCC1)CCN2. The molecule has 1 unspecified atom stereocenters. The highest BCUT2D eigenvalue weighted by atomic mass is 19.4. The van der Waals surface area contributed by atoms with Gasteiger partial charge in [-0.05, 0) is 68.0 Å². The Balaban J connectivity index is 1.93. The summed E-state index contributed by atoms with van der Waals surface area (Å²) < 4.78 is 38.7. The van der Waals surface area contributed by atoms with E-state index in [4.69, 9.17) is 0 Å². The van der Waals surface area contributed by atoms with Gasteiger partial charge in [0.05, 0.1) is 5.56 Å². The summed E-state index contributed by atoms with van der Waals surface area (Å²) >= 11 is 0. The maximum atomic E-state index is 12.9. The molecule has 0 bridgehead atoms. The summed E-state index contributed by atoms with van der Waals surface area (Å²) in [6, 6.07) is 4.12. The first-order chi connectivity index (χ1) is 9.55. The third-order valence-corrected chi connectivity index (χ3v) is 4.50. The minimum Gasteiger partial charge on any atom is -0.385 e. The summed E-state index contributed by atoms with van der Waals surface area (Å²) in [5, 5.41) is 6.55. The van der Waals surface area contributed by atoms with Crippen LogP contribution in [-0.4, -0.2) is 19.6 Å². The summed E-state index contributed by atoms with van der Waals surface area (Å²) in [6.07, 6.45) is -1.22. The molecule has 0 aromatic heterocycles. The Kier molecular flexibility index (Phi) is 3.63. The van der Waals surface area contributed by atoms with Crippen molar-refractivity contribution in [2.45, 2.75) is 31.4 Å². The van der Waals surface area contributed by atoms with Crippen LogP contribution in [-0.2, 0) is 6.18 Å². The maximum absolute atomic E-state index is 12.9. The van der Waals surface area contributed by atoms with E-state index in [1.165, 1.54) is 12.1 Å². The number of anilines is 1. The van der Waals surface area contributed by atoms with Gasteiger partial charge in [0, 0.05) is 12.2 Å². The second-order valence-corrected chi connectivity index (χ2v) is 5.71. The fourth-order valence-corrected chi connectivity index (χ4v) is 3.46. The second kappa shape index (κ2) is 5.28. The lowest BCUT2D eigenvalue weighted by Crippen LogP contribution is -2.33. The van der Waals surface area contributed by atoms with Crippen LogP contribution in [0.1, 0.15) is 36.3 Å². The van der Waals surface area contributed by atoms with Gasteiger partial charge in [-0.1, -0.05) is 0 Å². The Labute approximate surface area is 116 Å². The first-order valence-electron chi connectivity index (χ1n) is 7.21. The van der Waals surface area contributed by atoms with Gasteiger partial charge in [-0.2, -0.15) is 13.2 Å². The molecular weight excluding hydrogens is 265 g/mol. The highest BCUT2D eigenvalue weighted by molar-refractivity contribution is 5.56. The molecule has 0 amide bonds. The van der Waals surface area contributed by atoms with Gasteiger partial charge in [0.2, 0.25) is 0 Å². The van der Waals surface area contributed by atoms with Crippen molar-refractivity contribution < 1.29 is 13.2 Å². The first-order valence-corrected chi connectivity index (χ1v) is 7.21. The molecular formula is C15H19F3N2. The largest absolute Gasteiger partial charge is 0.416 e. The van der Waals surface area contributed by atoms with E-state index < -0.39 is 11.7 Å². The average molecular weight is 284 g/mol. The number of rotatable bonds is 1. The normalized spacial score (nSPS) is 24.1. The fraction of sp³-hybridized carbons (Fsp3) is 0.600. The first kappa shape index (κ1) is 13.7. The molecule has 20 heavy (non-hydrogen) atoms. The molecule has 1 aromatic carbocycles. The van der Waals surface area contributed by atoms with Crippen molar-refractivity contribution in [2.24, 2.45) is 5.92 Å². The van der Waals surface area contributed by atoms with Crippen molar-refractivity contribution in [1.82, 2.24) is 5.32 Å². The van der Waals surface area contributed by atoms with Crippen LogP contribution in [0.25, 0.3) is 0 Å². The van der Waals surface area contributed by atoms with Crippen LogP contribution in [0.4, 0.5) is 18.9 Å². The minimum absolute atomic E-state index is 0.260. The highest BCUT2D eigenvalue weighted by Gasteiger charge is 2.34. The topological polar surface area (TPSA) is 24.1 Å². The van der Waals surface area contributed by atoms with Crippen molar-refractivity contribution in [1.29, 1.82) is 0 Å². The van der Waals surface area contributed by atoms with Crippen LogP contribution in [0.2, 0.25) is 0 Å². The predicted molar refractivity (Wildman–Crippen MR) is 72.9 cm³/mol. The van der Waals surface area contributed by atoms with Crippen molar-refractivity contribution in [3.63, 3.8) is 0 Å². The van der Waals surface area contributed by atoms with Gasteiger partial charge < -0.3 is 10.6 Å². The van der Waals surface area contributed by atoms with Crippen molar-refractivity contribution >= 4 is 5.69 Å². The molecule has 3 rings (SSSR count). The number of nitrogens with one attached hydrogen (secondary N) is 2. The molecule has 1 fully saturated rings. The molecule has 2 nitrogen and oxygen atoms in total. The van der Waals surface area contributed by atoms with Gasteiger partial charge in [-0.15, -0.1) is 0 Å². The zero-order valence-electron chi connectivity index (χ0n) is 11.3. The van der Waals surface area contributed by atoms with Crippen LogP contribution in [0.5, 0.6) is 0 Å². The maximum Gasteiger partial charge on any atom is 0.416 e. The van der Waals surface area contributed by atoms with E-state index in [9.17, 15) is 13.2 Å². The molecule has 0 saturated carbocycles. The number of hydrogen-bond donors (Lipinski definition) is 2. The molecule has 1 atom stereocenters. The summed E-state index contributed by atoms with van der Waals surface area (Å²) in [6.45, 7) is 2.80. The number of benzene rings is 1. The molecule has 5 heteroatoms. The molecule has 0 radical (unpaired) electrons. The lowest BCUT2D eigenvalue weighted by molar-refractivity contribution is -0.137. The number of alkyl halides is 3. The van der Waals surface area contributed by atoms with Gasteiger partial charge in [0.1, 0.15) is 0 Å². The molecule has 0 aliphatic carbocycles. The molecule has 2 aliphatic heterocycles.